The van der Waals surface area contributed by atoms with Crippen molar-refractivity contribution in [1.29, 1.82) is 0 Å². The van der Waals surface area contributed by atoms with E-state index in [0.29, 0.717) is 38.9 Å². The van der Waals surface area contributed by atoms with Crippen molar-refractivity contribution in [2.75, 3.05) is 20.3 Å². The highest BCUT2D eigenvalue weighted by molar-refractivity contribution is 6.99. The number of rotatable bonds is 13. The Labute approximate surface area is 293 Å². The molecule has 0 aromatic heterocycles. The van der Waals surface area contributed by atoms with Crippen molar-refractivity contribution in [2.24, 2.45) is 0 Å². The predicted molar refractivity (Wildman–Crippen MR) is 193 cm³/mol. The number of carbonyl (C=O) groups is 1. The maximum absolute atomic E-state index is 14.1. The summed E-state index contributed by atoms with van der Waals surface area (Å²) in [5.74, 6) is -0.412. The molecular weight excluding hydrogens is 637 g/mol. The molecule has 4 atom stereocenters. The zero-order valence-electron chi connectivity index (χ0n) is 30.4. The molecule has 5 rings (SSSR count). The normalized spacial score (nSPS) is 23.8. The third-order valence-electron chi connectivity index (χ3n) is 9.28. The monoisotopic (exact) mass is 690 g/mol. The number of methoxy groups -OCH3 is 1. The second-order valence-electron chi connectivity index (χ2n) is 15.0. The second-order valence-corrected chi connectivity index (χ2v) is 19.3. The lowest BCUT2D eigenvalue weighted by Gasteiger charge is -2.45. The van der Waals surface area contributed by atoms with Gasteiger partial charge in [0.1, 0.15) is 23.7 Å². The van der Waals surface area contributed by atoms with Crippen LogP contribution in [0.5, 0.6) is 11.5 Å². The van der Waals surface area contributed by atoms with Gasteiger partial charge in [-0.05, 0) is 73.8 Å². The maximum Gasteiger partial charge on any atom is 0.261 e. The molecule has 49 heavy (non-hydrogen) atoms. The summed E-state index contributed by atoms with van der Waals surface area (Å²) in [5, 5.41) is 2.34. The van der Waals surface area contributed by atoms with Crippen LogP contribution in [0.1, 0.15) is 74.1 Å². The topological polar surface area (TPSA) is 81.7 Å². The van der Waals surface area contributed by atoms with Gasteiger partial charge >= 0.3 is 0 Å². The molecule has 0 bridgehead atoms. The summed E-state index contributed by atoms with van der Waals surface area (Å²) in [6, 6.07) is 28.7. The molecule has 0 N–H and O–H groups in total. The van der Waals surface area contributed by atoms with Crippen LogP contribution in [0.4, 0.5) is 0 Å². The van der Waals surface area contributed by atoms with Gasteiger partial charge in [-0.25, -0.2) is 0 Å². The standard InChI is InChI=1S/C40H54O8Si/c1-38(2,3)49(33-15-11-9-12-16-33,34-17-13-10-14-18-34)44-26-24-32-28-36(48-40(6,7)46-32)37(41)35-27-31(45-39(4,5)47-35)23-25-43-30-21-19-29(42-8)20-22-30/h9-22,31-32,35-36H,23-28H2,1-8H3/t31-,32?,35-,36?/m0/s1. The van der Waals surface area contributed by atoms with Crippen molar-refractivity contribution >= 4 is 24.5 Å². The van der Waals surface area contributed by atoms with Gasteiger partial charge in [0.15, 0.2) is 17.4 Å². The summed E-state index contributed by atoms with van der Waals surface area (Å²) in [5.41, 5.74) is 0. The van der Waals surface area contributed by atoms with E-state index in [-0.39, 0.29) is 23.0 Å². The van der Waals surface area contributed by atoms with E-state index in [1.54, 1.807) is 7.11 Å². The van der Waals surface area contributed by atoms with Crippen molar-refractivity contribution in [3.63, 3.8) is 0 Å². The summed E-state index contributed by atoms with van der Waals surface area (Å²) in [4.78, 5) is 14.1. The first-order valence-corrected chi connectivity index (χ1v) is 19.4. The quantitative estimate of drug-likeness (QED) is 0.181. The number of carbonyl (C=O) groups excluding carboxylic acids is 1. The Balaban J connectivity index is 1.24. The molecule has 0 amide bonds. The van der Waals surface area contributed by atoms with Crippen LogP contribution in [0.25, 0.3) is 0 Å². The summed E-state index contributed by atoms with van der Waals surface area (Å²) in [7, 11) is -1.06. The molecule has 2 heterocycles. The Morgan fingerprint density at radius 1 is 0.694 bits per heavy atom. The zero-order valence-corrected chi connectivity index (χ0v) is 31.4. The minimum Gasteiger partial charge on any atom is -0.497 e. The summed E-state index contributed by atoms with van der Waals surface area (Å²) in [6.07, 6.45) is 0.337. The number of ketones is 1. The highest BCUT2D eigenvalue weighted by Crippen LogP contribution is 2.38. The fraction of sp³-hybridized carbons (Fsp3) is 0.525. The van der Waals surface area contributed by atoms with Crippen LogP contribution < -0.4 is 19.8 Å². The summed E-state index contributed by atoms with van der Waals surface area (Å²) >= 11 is 0. The molecule has 0 saturated carbocycles. The van der Waals surface area contributed by atoms with Gasteiger partial charge in [0.05, 0.1) is 25.9 Å². The van der Waals surface area contributed by atoms with Gasteiger partial charge in [0.2, 0.25) is 0 Å². The van der Waals surface area contributed by atoms with E-state index in [4.69, 9.17) is 32.8 Å². The minimum atomic E-state index is -2.70. The van der Waals surface area contributed by atoms with Crippen LogP contribution in [0, 0.1) is 0 Å². The van der Waals surface area contributed by atoms with E-state index in [2.05, 4.69) is 69.3 Å². The maximum atomic E-state index is 14.1. The molecule has 3 aromatic rings. The van der Waals surface area contributed by atoms with E-state index in [1.165, 1.54) is 10.4 Å². The molecule has 2 unspecified atom stereocenters. The third-order valence-corrected chi connectivity index (χ3v) is 14.3. The van der Waals surface area contributed by atoms with Gasteiger partial charge in [0.25, 0.3) is 8.32 Å². The number of Topliss-reactive ketones (excluding diaryl/α,β-unsaturated/α-hetero) is 1. The molecule has 0 radical (unpaired) electrons. The molecule has 2 saturated heterocycles. The predicted octanol–water partition coefficient (Wildman–Crippen LogP) is 6.82. The second kappa shape index (κ2) is 15.5. The summed E-state index contributed by atoms with van der Waals surface area (Å²) in [6.45, 7) is 15.2. The highest BCUT2D eigenvalue weighted by Gasteiger charge is 2.51. The van der Waals surface area contributed by atoms with Crippen molar-refractivity contribution in [1.82, 2.24) is 0 Å². The number of benzene rings is 3. The SMILES string of the molecule is COc1ccc(OCC[C@H]2C[C@@H](C(=O)C3CC(CCO[Si](c4ccccc4)(c4ccccc4)C(C)(C)C)OC(C)(C)O3)OC(C)(C)O2)cc1. The average molecular weight is 691 g/mol. The first-order valence-electron chi connectivity index (χ1n) is 17.5. The number of ether oxygens (including phenoxy) is 6. The Bertz CT molecular complexity index is 1450. The highest BCUT2D eigenvalue weighted by atomic mass is 28.4. The minimum absolute atomic E-state index is 0.0771. The molecule has 8 nitrogen and oxygen atoms in total. The smallest absolute Gasteiger partial charge is 0.261 e. The number of hydrogen-bond donors (Lipinski definition) is 0. The van der Waals surface area contributed by atoms with E-state index >= 15 is 0 Å². The lowest BCUT2D eigenvalue weighted by Crippen LogP contribution is -2.66. The fourth-order valence-electron chi connectivity index (χ4n) is 7.21. The molecule has 2 aliphatic heterocycles. The van der Waals surface area contributed by atoms with Gasteiger partial charge in [-0.2, -0.15) is 0 Å². The van der Waals surface area contributed by atoms with E-state index in [0.717, 1.165) is 11.5 Å². The van der Waals surface area contributed by atoms with Crippen LogP contribution in [0.3, 0.4) is 0 Å². The molecule has 266 valence electrons. The fourth-order valence-corrected chi connectivity index (χ4v) is 11.8. The Morgan fingerprint density at radius 2 is 1.14 bits per heavy atom. The van der Waals surface area contributed by atoms with Gasteiger partial charge in [-0.3, -0.25) is 4.79 Å². The van der Waals surface area contributed by atoms with Crippen molar-refractivity contribution in [3.8, 4) is 11.5 Å². The molecule has 2 fully saturated rings. The molecular formula is C40H54O8Si. The summed E-state index contributed by atoms with van der Waals surface area (Å²) < 4.78 is 43.4. The van der Waals surface area contributed by atoms with Gasteiger partial charge in [0, 0.05) is 25.9 Å². The largest absolute Gasteiger partial charge is 0.497 e. The van der Waals surface area contributed by atoms with Crippen molar-refractivity contribution in [2.45, 2.75) is 115 Å². The van der Waals surface area contributed by atoms with Crippen LogP contribution >= 0.6 is 0 Å². The van der Waals surface area contributed by atoms with E-state index in [9.17, 15) is 4.79 Å². The zero-order chi connectivity index (χ0) is 35.3. The molecule has 9 heteroatoms. The Morgan fingerprint density at radius 3 is 1.59 bits per heavy atom. The van der Waals surface area contributed by atoms with E-state index < -0.39 is 32.1 Å². The number of hydrogen-bond acceptors (Lipinski definition) is 8. The Hall–Kier alpha value is -3.05. The molecule has 3 aromatic carbocycles. The van der Waals surface area contributed by atoms with E-state index in [1.807, 2.05) is 64.1 Å². The molecule has 0 spiro atoms. The van der Waals surface area contributed by atoms with Crippen LogP contribution in [0.15, 0.2) is 84.9 Å². The average Bonchev–Trinajstić information content (AvgIpc) is 3.05. The lowest BCUT2D eigenvalue weighted by atomic mass is 9.95. The van der Waals surface area contributed by atoms with Crippen LogP contribution in [-0.2, 0) is 28.2 Å². The first kappa shape index (κ1) is 37.2. The van der Waals surface area contributed by atoms with Gasteiger partial charge in [-0.1, -0.05) is 81.4 Å². The van der Waals surface area contributed by atoms with Crippen LogP contribution in [-0.4, -0.2) is 70.4 Å². The van der Waals surface area contributed by atoms with Gasteiger partial charge in [-0.15, -0.1) is 0 Å². The Kier molecular flexibility index (Phi) is 11.7. The molecule has 2 aliphatic rings. The lowest BCUT2D eigenvalue weighted by molar-refractivity contribution is -0.311. The van der Waals surface area contributed by atoms with Crippen molar-refractivity contribution in [3.05, 3.63) is 84.9 Å². The van der Waals surface area contributed by atoms with Crippen molar-refractivity contribution < 1.29 is 37.6 Å². The molecule has 0 aliphatic carbocycles. The third kappa shape index (κ3) is 9.20. The first-order chi connectivity index (χ1) is 23.2. The van der Waals surface area contributed by atoms with Gasteiger partial charge < -0.3 is 32.8 Å². The van der Waals surface area contributed by atoms with Crippen LogP contribution in [0.2, 0.25) is 5.04 Å².